The Kier molecular flexibility index (Phi) is 2.26. The van der Waals surface area contributed by atoms with Gasteiger partial charge in [0.15, 0.2) is 5.84 Å². The fourth-order valence-corrected chi connectivity index (χ4v) is 2.68. The molecule has 1 saturated heterocycles. The van der Waals surface area contributed by atoms with Gasteiger partial charge in [-0.25, -0.2) is 9.98 Å². The summed E-state index contributed by atoms with van der Waals surface area (Å²) in [5, 5.41) is 7.99. The van der Waals surface area contributed by atoms with E-state index >= 15 is 0 Å². The summed E-state index contributed by atoms with van der Waals surface area (Å²) >= 11 is 1.51. The zero-order valence-corrected chi connectivity index (χ0v) is 9.51. The number of amides is 1. The Balaban J connectivity index is 1.93. The van der Waals surface area contributed by atoms with Gasteiger partial charge >= 0.3 is 0 Å². The zero-order chi connectivity index (χ0) is 11.0. The molecule has 6 heteroatoms. The van der Waals surface area contributed by atoms with Gasteiger partial charge in [-0.05, 0) is 25.9 Å². The summed E-state index contributed by atoms with van der Waals surface area (Å²) < 4.78 is 0. The molecule has 0 bridgehead atoms. The maximum Gasteiger partial charge on any atom is 0.253 e. The van der Waals surface area contributed by atoms with Crippen LogP contribution in [0.25, 0.3) is 0 Å². The highest BCUT2D eigenvalue weighted by molar-refractivity contribution is 7.07. The molecule has 2 N–H and O–H groups in total. The molecule has 3 rings (SSSR count). The average molecular weight is 236 g/mol. The van der Waals surface area contributed by atoms with Crippen molar-refractivity contribution in [3.8, 4) is 0 Å². The maximum atomic E-state index is 12.0. The number of aliphatic imine (C=N–C) groups is 1. The Bertz CT molecular complexity index is 434. The second-order valence-corrected chi connectivity index (χ2v) is 4.79. The average Bonchev–Trinajstić information content (AvgIpc) is 2.90. The van der Waals surface area contributed by atoms with Gasteiger partial charge in [0.2, 0.25) is 0 Å². The summed E-state index contributed by atoms with van der Waals surface area (Å²) in [6.07, 6.45) is 1.54. The van der Waals surface area contributed by atoms with Crippen molar-refractivity contribution >= 4 is 23.1 Å². The molecule has 0 saturated carbocycles. The van der Waals surface area contributed by atoms with Crippen molar-refractivity contribution < 1.29 is 4.79 Å². The standard InChI is InChI=1S/C10H12N4OS/c15-9-10(1-3-11-4-2-10)14-8(13-9)7-5-16-6-12-7/h5-6,11H,1-4H2,(H,13,14,15). The molecular formula is C10H12N4OS. The molecule has 0 aliphatic carbocycles. The molecular weight excluding hydrogens is 224 g/mol. The third kappa shape index (κ3) is 1.45. The number of carbonyl (C=O) groups excluding carboxylic acids is 1. The summed E-state index contributed by atoms with van der Waals surface area (Å²) in [5.74, 6) is 0.658. The van der Waals surface area contributed by atoms with Crippen LogP contribution >= 0.6 is 11.3 Å². The van der Waals surface area contributed by atoms with Crippen LogP contribution in [0.1, 0.15) is 18.5 Å². The lowest BCUT2D eigenvalue weighted by Gasteiger charge is -2.27. The van der Waals surface area contributed by atoms with Gasteiger partial charge in [-0.15, -0.1) is 11.3 Å². The summed E-state index contributed by atoms with van der Waals surface area (Å²) in [4.78, 5) is 20.7. The molecule has 16 heavy (non-hydrogen) atoms. The van der Waals surface area contributed by atoms with Crippen molar-refractivity contribution in [2.75, 3.05) is 13.1 Å². The Labute approximate surface area is 97.0 Å². The summed E-state index contributed by atoms with van der Waals surface area (Å²) in [7, 11) is 0. The molecule has 2 aliphatic rings. The molecule has 1 aromatic rings. The van der Waals surface area contributed by atoms with Crippen molar-refractivity contribution in [2.45, 2.75) is 18.4 Å². The van der Waals surface area contributed by atoms with E-state index in [0.717, 1.165) is 31.6 Å². The van der Waals surface area contributed by atoms with Crippen molar-refractivity contribution in [1.82, 2.24) is 15.6 Å². The van der Waals surface area contributed by atoms with E-state index in [4.69, 9.17) is 0 Å². The molecule has 1 spiro atoms. The highest BCUT2D eigenvalue weighted by Crippen LogP contribution is 2.28. The van der Waals surface area contributed by atoms with Gasteiger partial charge in [0, 0.05) is 5.38 Å². The van der Waals surface area contributed by atoms with E-state index < -0.39 is 5.54 Å². The second-order valence-electron chi connectivity index (χ2n) is 4.07. The Hall–Kier alpha value is -1.27. The first-order valence-corrected chi connectivity index (χ1v) is 6.25. The number of amidine groups is 1. The van der Waals surface area contributed by atoms with Gasteiger partial charge in [0.1, 0.15) is 11.2 Å². The molecule has 3 heterocycles. The Morgan fingerprint density at radius 3 is 2.88 bits per heavy atom. The molecule has 0 aromatic carbocycles. The molecule has 0 atom stereocenters. The highest BCUT2D eigenvalue weighted by Gasteiger charge is 2.44. The number of carbonyl (C=O) groups is 1. The van der Waals surface area contributed by atoms with Crippen LogP contribution in [0.15, 0.2) is 15.9 Å². The summed E-state index contributed by atoms with van der Waals surface area (Å²) in [6, 6.07) is 0. The van der Waals surface area contributed by atoms with Crippen LogP contribution in [0.2, 0.25) is 0 Å². The van der Waals surface area contributed by atoms with Gasteiger partial charge in [-0.1, -0.05) is 0 Å². The number of piperidine rings is 1. The van der Waals surface area contributed by atoms with Gasteiger partial charge in [0.25, 0.3) is 5.91 Å². The van der Waals surface area contributed by atoms with Crippen LogP contribution in [0.5, 0.6) is 0 Å². The molecule has 1 fully saturated rings. The quantitative estimate of drug-likeness (QED) is 0.729. The first-order valence-electron chi connectivity index (χ1n) is 5.31. The number of thiazole rings is 1. The normalized spacial score (nSPS) is 23.2. The van der Waals surface area contributed by atoms with E-state index in [9.17, 15) is 4.79 Å². The van der Waals surface area contributed by atoms with E-state index in [2.05, 4.69) is 20.6 Å². The number of hydrogen-bond acceptors (Lipinski definition) is 5. The van der Waals surface area contributed by atoms with Crippen molar-refractivity contribution in [1.29, 1.82) is 0 Å². The van der Waals surface area contributed by atoms with E-state index in [0.29, 0.717) is 5.84 Å². The van der Waals surface area contributed by atoms with Crippen molar-refractivity contribution in [3.05, 3.63) is 16.6 Å². The number of nitrogens with zero attached hydrogens (tertiary/aromatic N) is 2. The van der Waals surface area contributed by atoms with Gasteiger partial charge in [0.05, 0.1) is 5.51 Å². The van der Waals surface area contributed by atoms with Crippen LogP contribution in [0.3, 0.4) is 0 Å². The van der Waals surface area contributed by atoms with Gasteiger partial charge in [-0.3, -0.25) is 4.79 Å². The first-order chi connectivity index (χ1) is 7.80. The minimum Gasteiger partial charge on any atom is -0.317 e. The van der Waals surface area contributed by atoms with E-state index in [1.54, 1.807) is 5.51 Å². The SMILES string of the molecule is O=C1NC(c2cscn2)=NC12CCNCC2. The molecule has 0 unspecified atom stereocenters. The number of aromatic nitrogens is 1. The molecule has 84 valence electrons. The van der Waals surface area contributed by atoms with E-state index in [-0.39, 0.29) is 5.91 Å². The topological polar surface area (TPSA) is 66.4 Å². The molecule has 0 radical (unpaired) electrons. The van der Waals surface area contributed by atoms with E-state index in [1.807, 2.05) is 5.38 Å². The van der Waals surface area contributed by atoms with Gasteiger partial charge in [-0.2, -0.15) is 0 Å². The van der Waals surface area contributed by atoms with E-state index in [1.165, 1.54) is 11.3 Å². The van der Waals surface area contributed by atoms with Crippen LogP contribution < -0.4 is 10.6 Å². The second kappa shape index (κ2) is 3.64. The molecule has 1 amide bonds. The lowest BCUT2D eigenvalue weighted by atomic mass is 9.89. The lowest BCUT2D eigenvalue weighted by Crippen LogP contribution is -2.47. The fraction of sp³-hybridized carbons (Fsp3) is 0.500. The van der Waals surface area contributed by atoms with Gasteiger partial charge < -0.3 is 10.6 Å². The number of hydrogen-bond donors (Lipinski definition) is 2. The Morgan fingerprint density at radius 1 is 1.38 bits per heavy atom. The number of rotatable bonds is 1. The largest absolute Gasteiger partial charge is 0.317 e. The molecule has 5 nitrogen and oxygen atoms in total. The first kappa shape index (κ1) is 9.92. The minimum absolute atomic E-state index is 0.0250. The van der Waals surface area contributed by atoms with Crippen molar-refractivity contribution in [2.24, 2.45) is 4.99 Å². The summed E-state index contributed by atoms with van der Waals surface area (Å²) in [5.41, 5.74) is 1.98. The Morgan fingerprint density at radius 2 is 2.19 bits per heavy atom. The third-order valence-electron chi connectivity index (χ3n) is 3.09. The summed E-state index contributed by atoms with van der Waals surface area (Å²) in [6.45, 7) is 1.70. The molecule has 2 aliphatic heterocycles. The molecule has 1 aromatic heterocycles. The minimum atomic E-state index is -0.537. The predicted octanol–water partition coefficient (Wildman–Crippen LogP) is 0.142. The maximum absolute atomic E-state index is 12.0. The zero-order valence-electron chi connectivity index (χ0n) is 8.69. The van der Waals surface area contributed by atoms with Crippen LogP contribution in [-0.2, 0) is 4.79 Å². The van der Waals surface area contributed by atoms with Crippen LogP contribution in [0.4, 0.5) is 0 Å². The number of nitrogens with one attached hydrogen (secondary N) is 2. The fourth-order valence-electron chi connectivity index (χ4n) is 2.15. The predicted molar refractivity (Wildman–Crippen MR) is 61.6 cm³/mol. The third-order valence-corrected chi connectivity index (χ3v) is 3.67. The van der Waals surface area contributed by atoms with Crippen LogP contribution in [0, 0.1) is 0 Å². The van der Waals surface area contributed by atoms with Crippen molar-refractivity contribution in [3.63, 3.8) is 0 Å². The van der Waals surface area contributed by atoms with Crippen LogP contribution in [-0.4, -0.2) is 35.4 Å². The monoisotopic (exact) mass is 236 g/mol. The smallest absolute Gasteiger partial charge is 0.253 e. The lowest BCUT2D eigenvalue weighted by molar-refractivity contribution is -0.124. The highest BCUT2D eigenvalue weighted by atomic mass is 32.1.